The van der Waals surface area contributed by atoms with Gasteiger partial charge in [-0.05, 0) is 42.8 Å². The van der Waals surface area contributed by atoms with Crippen LogP contribution in [0.2, 0.25) is 0 Å². The van der Waals surface area contributed by atoms with Crippen LogP contribution in [0.3, 0.4) is 0 Å². The third kappa shape index (κ3) is 2.71. The molecule has 0 aromatic heterocycles. The summed E-state index contributed by atoms with van der Waals surface area (Å²) in [5, 5.41) is 16.3. The fraction of sp³-hybridized carbons (Fsp3) is 0.375. The van der Waals surface area contributed by atoms with Crippen molar-refractivity contribution in [1.29, 1.82) is 0 Å². The summed E-state index contributed by atoms with van der Waals surface area (Å²) in [7, 11) is 0. The molecular formula is C16H21NO. The molecule has 0 radical (unpaired) electrons. The van der Waals surface area contributed by atoms with E-state index < -0.39 is 5.60 Å². The summed E-state index contributed by atoms with van der Waals surface area (Å²) in [5.41, 5.74) is 0.224. The summed E-state index contributed by atoms with van der Waals surface area (Å²) >= 11 is 0. The van der Waals surface area contributed by atoms with E-state index in [2.05, 4.69) is 30.4 Å². The van der Waals surface area contributed by atoms with Gasteiger partial charge in [0.25, 0.3) is 0 Å². The molecule has 0 heterocycles. The molecule has 2 nitrogen and oxygen atoms in total. The second-order valence-corrected chi connectivity index (χ2v) is 4.90. The van der Waals surface area contributed by atoms with Gasteiger partial charge in [-0.25, -0.2) is 0 Å². The van der Waals surface area contributed by atoms with Crippen molar-refractivity contribution in [3.8, 4) is 0 Å². The van der Waals surface area contributed by atoms with Crippen LogP contribution in [0, 0.1) is 0 Å². The van der Waals surface area contributed by atoms with E-state index in [9.17, 15) is 5.11 Å². The van der Waals surface area contributed by atoms with Gasteiger partial charge in [0.15, 0.2) is 0 Å². The zero-order valence-electron chi connectivity index (χ0n) is 11.1. The van der Waals surface area contributed by atoms with Crippen LogP contribution in [-0.4, -0.2) is 18.2 Å². The Hall–Kier alpha value is -1.38. The van der Waals surface area contributed by atoms with Crippen LogP contribution in [0.4, 0.5) is 0 Å². The first-order valence-corrected chi connectivity index (χ1v) is 6.56. The van der Waals surface area contributed by atoms with Crippen molar-refractivity contribution >= 4 is 10.8 Å². The molecule has 0 saturated heterocycles. The van der Waals surface area contributed by atoms with Crippen LogP contribution < -0.4 is 5.32 Å². The normalized spacial score (nSPS) is 14.6. The van der Waals surface area contributed by atoms with E-state index in [1.54, 1.807) is 0 Å². The zero-order valence-corrected chi connectivity index (χ0v) is 11.1. The highest BCUT2D eigenvalue weighted by molar-refractivity contribution is 5.86. The monoisotopic (exact) mass is 243 g/mol. The fourth-order valence-corrected chi connectivity index (χ4v) is 2.34. The molecule has 2 aromatic carbocycles. The first-order chi connectivity index (χ1) is 8.65. The minimum atomic E-state index is -0.789. The smallest absolute Gasteiger partial charge is 0.0886 e. The van der Waals surface area contributed by atoms with Crippen molar-refractivity contribution in [3.05, 3.63) is 48.0 Å². The molecule has 1 unspecified atom stereocenters. The van der Waals surface area contributed by atoms with Gasteiger partial charge >= 0.3 is 0 Å². The lowest BCUT2D eigenvalue weighted by Gasteiger charge is -2.25. The van der Waals surface area contributed by atoms with Crippen LogP contribution in [0.25, 0.3) is 10.8 Å². The average Bonchev–Trinajstić information content (AvgIpc) is 2.38. The fourth-order valence-electron chi connectivity index (χ4n) is 2.34. The summed E-state index contributed by atoms with van der Waals surface area (Å²) in [5.74, 6) is 0. The van der Waals surface area contributed by atoms with Crippen LogP contribution in [0.15, 0.2) is 42.5 Å². The summed E-state index contributed by atoms with van der Waals surface area (Å²) in [6.07, 6.45) is 0.717. The van der Waals surface area contributed by atoms with E-state index in [4.69, 9.17) is 0 Å². The Morgan fingerprint density at radius 2 is 1.83 bits per heavy atom. The molecule has 0 saturated carbocycles. The van der Waals surface area contributed by atoms with Crippen molar-refractivity contribution in [3.63, 3.8) is 0 Å². The predicted octanol–water partition coefficient (Wildman–Crippen LogP) is 3.05. The molecular weight excluding hydrogens is 222 g/mol. The lowest BCUT2D eigenvalue weighted by Crippen LogP contribution is -2.28. The molecule has 2 N–H and O–H groups in total. The number of fused-ring (bicyclic) bond motifs is 1. The highest BCUT2D eigenvalue weighted by Crippen LogP contribution is 2.30. The van der Waals surface area contributed by atoms with Gasteiger partial charge in [0.1, 0.15) is 0 Å². The Balaban J connectivity index is 2.34. The Labute approximate surface area is 109 Å². The van der Waals surface area contributed by atoms with Gasteiger partial charge in [0, 0.05) is 0 Å². The topological polar surface area (TPSA) is 32.3 Å². The van der Waals surface area contributed by atoms with E-state index in [0.29, 0.717) is 0 Å². The Morgan fingerprint density at radius 3 is 2.61 bits per heavy atom. The summed E-state index contributed by atoms with van der Waals surface area (Å²) < 4.78 is 0. The van der Waals surface area contributed by atoms with E-state index in [1.165, 1.54) is 5.39 Å². The number of benzene rings is 2. The number of rotatable bonds is 5. The van der Waals surface area contributed by atoms with Crippen LogP contribution >= 0.6 is 0 Å². The third-order valence-electron chi connectivity index (χ3n) is 3.41. The predicted molar refractivity (Wildman–Crippen MR) is 76.7 cm³/mol. The van der Waals surface area contributed by atoms with E-state index in [0.717, 1.165) is 30.5 Å². The van der Waals surface area contributed by atoms with Crippen LogP contribution in [0.5, 0.6) is 0 Å². The van der Waals surface area contributed by atoms with E-state index >= 15 is 0 Å². The zero-order chi connectivity index (χ0) is 13.0. The van der Waals surface area contributed by atoms with Gasteiger partial charge in [0.05, 0.1) is 5.60 Å². The first-order valence-electron chi connectivity index (χ1n) is 6.56. The van der Waals surface area contributed by atoms with E-state index in [1.807, 2.05) is 31.2 Å². The average molecular weight is 243 g/mol. The molecule has 0 bridgehead atoms. The Kier molecular flexibility index (Phi) is 4.00. The molecule has 2 heteroatoms. The lowest BCUT2D eigenvalue weighted by molar-refractivity contribution is 0.0497. The van der Waals surface area contributed by atoms with Crippen molar-refractivity contribution in [2.75, 3.05) is 13.1 Å². The highest BCUT2D eigenvalue weighted by atomic mass is 16.3. The maximum Gasteiger partial charge on any atom is 0.0886 e. The van der Waals surface area contributed by atoms with Gasteiger partial charge in [0.2, 0.25) is 0 Å². The second-order valence-electron chi connectivity index (χ2n) is 4.90. The minimum Gasteiger partial charge on any atom is -0.385 e. The van der Waals surface area contributed by atoms with Gasteiger partial charge in [-0.3, -0.25) is 0 Å². The van der Waals surface area contributed by atoms with Crippen LogP contribution in [-0.2, 0) is 5.60 Å². The molecule has 0 aliphatic rings. The second kappa shape index (κ2) is 5.51. The molecule has 0 aliphatic heterocycles. The largest absolute Gasteiger partial charge is 0.385 e. The third-order valence-corrected chi connectivity index (χ3v) is 3.41. The Morgan fingerprint density at radius 1 is 1.11 bits per heavy atom. The van der Waals surface area contributed by atoms with Crippen molar-refractivity contribution in [2.45, 2.75) is 25.9 Å². The van der Waals surface area contributed by atoms with Crippen LogP contribution in [0.1, 0.15) is 25.8 Å². The molecule has 2 rings (SSSR count). The maximum atomic E-state index is 10.7. The van der Waals surface area contributed by atoms with Crippen molar-refractivity contribution < 1.29 is 5.11 Å². The minimum absolute atomic E-state index is 0.717. The summed E-state index contributed by atoms with van der Waals surface area (Å²) in [6.45, 7) is 5.73. The van der Waals surface area contributed by atoms with Gasteiger partial charge in [-0.2, -0.15) is 0 Å². The standard InChI is InChI=1S/C16H21NO/c1-3-17-12-11-16(2,18)15-10-6-8-13-7-4-5-9-14(13)15/h4-10,17-18H,3,11-12H2,1-2H3. The Bertz CT molecular complexity index is 514. The highest BCUT2D eigenvalue weighted by Gasteiger charge is 2.24. The summed E-state index contributed by atoms with van der Waals surface area (Å²) in [6, 6.07) is 14.3. The molecule has 0 amide bonds. The quantitative estimate of drug-likeness (QED) is 0.791. The number of nitrogens with one attached hydrogen (secondary N) is 1. The lowest BCUT2D eigenvalue weighted by atomic mass is 9.88. The number of aliphatic hydroxyl groups is 1. The SMILES string of the molecule is CCNCCC(C)(O)c1cccc2ccccc12. The number of hydrogen-bond donors (Lipinski definition) is 2. The molecule has 0 fully saturated rings. The summed E-state index contributed by atoms with van der Waals surface area (Å²) in [4.78, 5) is 0. The number of hydrogen-bond acceptors (Lipinski definition) is 2. The van der Waals surface area contributed by atoms with Crippen molar-refractivity contribution in [1.82, 2.24) is 5.32 Å². The molecule has 18 heavy (non-hydrogen) atoms. The molecule has 0 aliphatic carbocycles. The molecule has 2 aromatic rings. The first kappa shape index (κ1) is 13.1. The van der Waals surface area contributed by atoms with Gasteiger partial charge in [-0.1, -0.05) is 49.4 Å². The van der Waals surface area contributed by atoms with Crippen molar-refractivity contribution in [2.24, 2.45) is 0 Å². The van der Waals surface area contributed by atoms with Gasteiger partial charge in [-0.15, -0.1) is 0 Å². The van der Waals surface area contributed by atoms with Gasteiger partial charge < -0.3 is 10.4 Å². The molecule has 1 atom stereocenters. The molecule has 96 valence electrons. The molecule has 0 spiro atoms. The maximum absolute atomic E-state index is 10.7. The van der Waals surface area contributed by atoms with E-state index in [-0.39, 0.29) is 0 Å².